The fraction of sp³-hybridized carbons (Fsp3) is 0.625. The zero-order valence-electron chi connectivity index (χ0n) is 17.1. The van der Waals surface area contributed by atoms with Gasteiger partial charge in [0.15, 0.2) is 17.7 Å². The van der Waals surface area contributed by atoms with Crippen LogP contribution >= 0.6 is 19.2 Å². The molecule has 1 fully saturated rings. The maximum atomic E-state index is 12.2. The molecule has 16 heteroatoms. The van der Waals surface area contributed by atoms with E-state index in [1.165, 1.54) is 10.9 Å². The first kappa shape index (κ1) is 24.7. The van der Waals surface area contributed by atoms with E-state index in [0.29, 0.717) is 0 Å². The van der Waals surface area contributed by atoms with Crippen LogP contribution in [0.5, 0.6) is 0 Å². The summed E-state index contributed by atoms with van der Waals surface area (Å²) in [5.41, 5.74) is 6.09. The normalized spacial score (nSPS) is 24.9. The Bertz CT molecular complexity index is 1030. The number of aromatic nitrogens is 4. The molecule has 178 valence electrons. The lowest BCUT2D eigenvalue weighted by molar-refractivity contribution is -0.133. The van der Waals surface area contributed by atoms with Crippen LogP contribution in [-0.2, 0) is 18.8 Å². The smallest absolute Gasteiger partial charge is 0.363 e. The van der Waals surface area contributed by atoms with Crippen molar-refractivity contribution in [2.24, 2.45) is 5.92 Å². The van der Waals surface area contributed by atoms with Crippen molar-refractivity contribution < 1.29 is 38.8 Å². The third-order valence-electron chi connectivity index (χ3n) is 4.67. The number of nitrogens with zero attached hydrogens (tertiary/aromatic N) is 4. The second-order valence-electron chi connectivity index (χ2n) is 7.66. The number of amides is 1. The summed E-state index contributed by atoms with van der Waals surface area (Å²) in [5, 5.41) is 23.1. The third kappa shape index (κ3) is 5.18. The Morgan fingerprint density at radius 2 is 2.06 bits per heavy atom. The molecule has 0 bridgehead atoms. The zero-order chi connectivity index (χ0) is 23.8. The predicted molar refractivity (Wildman–Crippen MR) is 110 cm³/mol. The predicted octanol–water partition coefficient (Wildman–Crippen LogP) is -1.03. The van der Waals surface area contributed by atoms with Gasteiger partial charge in [0.05, 0.1) is 12.9 Å². The van der Waals surface area contributed by atoms with Crippen LogP contribution < -0.4 is 11.1 Å². The fourth-order valence-corrected chi connectivity index (χ4v) is 3.95. The molecule has 3 rings (SSSR count). The molecule has 0 radical (unpaired) electrons. The Balaban J connectivity index is 1.75. The van der Waals surface area contributed by atoms with Crippen molar-refractivity contribution in [3.63, 3.8) is 0 Å². The van der Waals surface area contributed by atoms with E-state index in [1.54, 1.807) is 0 Å². The van der Waals surface area contributed by atoms with Crippen LogP contribution in [0.3, 0.4) is 0 Å². The van der Waals surface area contributed by atoms with E-state index < -0.39 is 50.5 Å². The maximum absolute atomic E-state index is 12.2. The highest BCUT2D eigenvalue weighted by atomic mass is 35.5. The molecule has 1 saturated heterocycles. The monoisotopic (exact) mass is 494 g/mol. The number of halogens is 1. The van der Waals surface area contributed by atoms with Crippen LogP contribution in [0.4, 0.5) is 5.82 Å². The lowest BCUT2D eigenvalue weighted by Crippen LogP contribution is -2.41. The van der Waals surface area contributed by atoms with E-state index in [2.05, 4.69) is 20.3 Å². The van der Waals surface area contributed by atoms with Gasteiger partial charge in [-0.1, -0.05) is 13.8 Å². The van der Waals surface area contributed by atoms with Crippen molar-refractivity contribution >= 4 is 42.1 Å². The van der Waals surface area contributed by atoms with Gasteiger partial charge in [-0.25, -0.2) is 4.98 Å². The average molecular weight is 495 g/mol. The molecule has 7 N–H and O–H groups in total. The van der Waals surface area contributed by atoms with Crippen molar-refractivity contribution in [2.75, 3.05) is 18.9 Å². The first-order chi connectivity index (χ1) is 14.9. The van der Waals surface area contributed by atoms with E-state index in [1.807, 2.05) is 13.8 Å². The fourth-order valence-electron chi connectivity index (χ4n) is 3.10. The second-order valence-corrected chi connectivity index (χ2v) is 9.65. The Morgan fingerprint density at radius 3 is 2.69 bits per heavy atom. The van der Waals surface area contributed by atoms with Gasteiger partial charge in [-0.15, -0.1) is 0 Å². The molecule has 2 aromatic rings. The summed E-state index contributed by atoms with van der Waals surface area (Å²) >= 11 is 5.83. The number of fused-ring (bicyclic) bond motifs is 1. The minimum Gasteiger partial charge on any atom is -0.387 e. The minimum atomic E-state index is -4.99. The SMILES string of the molecule is CC(C)CNC(=O)[C@H](OC[C@H]1O[C@@H](n2cnc3c(N)nc(Cl)nc32)[C@H](O)[C@H]1O)P(=O)(O)O. The molecule has 2 aromatic heterocycles. The van der Waals surface area contributed by atoms with Crippen LogP contribution in [0.25, 0.3) is 11.2 Å². The zero-order valence-corrected chi connectivity index (χ0v) is 18.7. The van der Waals surface area contributed by atoms with Gasteiger partial charge in [0.2, 0.25) is 11.1 Å². The largest absolute Gasteiger partial charge is 0.387 e. The Labute approximate surface area is 186 Å². The summed E-state index contributed by atoms with van der Waals surface area (Å²) in [5.74, 6) is -3.06. The van der Waals surface area contributed by atoms with Crippen LogP contribution in [0, 0.1) is 5.92 Å². The number of ether oxygens (including phenoxy) is 2. The molecule has 0 saturated carbocycles. The molecule has 32 heavy (non-hydrogen) atoms. The number of hydrogen-bond acceptors (Lipinski definition) is 10. The Morgan fingerprint density at radius 1 is 1.38 bits per heavy atom. The van der Waals surface area contributed by atoms with Gasteiger partial charge in [-0.3, -0.25) is 13.9 Å². The minimum absolute atomic E-state index is 0.00330. The van der Waals surface area contributed by atoms with Gasteiger partial charge in [-0.05, 0) is 17.5 Å². The summed E-state index contributed by atoms with van der Waals surface area (Å²) in [6.45, 7) is 3.21. The highest BCUT2D eigenvalue weighted by molar-refractivity contribution is 7.53. The number of carbonyl (C=O) groups is 1. The molecular formula is C16H24ClN6O8P. The van der Waals surface area contributed by atoms with Gasteiger partial charge < -0.3 is 40.5 Å². The number of nitrogen functional groups attached to an aromatic ring is 1. The number of nitrogens with one attached hydrogen (secondary N) is 1. The molecule has 0 unspecified atom stereocenters. The molecule has 1 aliphatic rings. The van der Waals surface area contributed by atoms with E-state index in [4.69, 9.17) is 26.8 Å². The molecule has 0 aliphatic carbocycles. The van der Waals surface area contributed by atoms with E-state index >= 15 is 0 Å². The molecule has 14 nitrogen and oxygen atoms in total. The third-order valence-corrected chi connectivity index (χ3v) is 5.83. The highest BCUT2D eigenvalue weighted by Crippen LogP contribution is 2.42. The number of imidazole rings is 1. The summed E-state index contributed by atoms with van der Waals surface area (Å²) < 4.78 is 23.8. The maximum Gasteiger partial charge on any atom is 0.363 e. The lowest BCUT2D eigenvalue weighted by atomic mass is 10.1. The van der Waals surface area contributed by atoms with Crippen LogP contribution in [0.1, 0.15) is 20.1 Å². The van der Waals surface area contributed by atoms with E-state index in [0.717, 1.165) is 0 Å². The molecule has 3 heterocycles. The molecule has 5 atom stereocenters. The van der Waals surface area contributed by atoms with Gasteiger partial charge in [-0.2, -0.15) is 9.97 Å². The number of anilines is 1. The number of aliphatic hydroxyl groups is 2. The van der Waals surface area contributed by atoms with Gasteiger partial charge in [0, 0.05) is 6.54 Å². The molecule has 1 amide bonds. The van der Waals surface area contributed by atoms with Crippen molar-refractivity contribution in [3.05, 3.63) is 11.6 Å². The van der Waals surface area contributed by atoms with Gasteiger partial charge >= 0.3 is 7.60 Å². The molecule has 0 spiro atoms. The van der Waals surface area contributed by atoms with Crippen molar-refractivity contribution in [1.82, 2.24) is 24.8 Å². The summed E-state index contributed by atoms with van der Waals surface area (Å²) in [6, 6.07) is 0. The summed E-state index contributed by atoms with van der Waals surface area (Å²) in [7, 11) is -4.99. The lowest BCUT2D eigenvalue weighted by Gasteiger charge is -2.22. The summed E-state index contributed by atoms with van der Waals surface area (Å²) in [4.78, 5) is 43.0. The molecular weight excluding hydrogens is 471 g/mol. The van der Waals surface area contributed by atoms with Crippen molar-refractivity contribution in [1.29, 1.82) is 0 Å². The Kier molecular flexibility index (Phi) is 7.37. The highest BCUT2D eigenvalue weighted by Gasteiger charge is 2.46. The standard InChI is InChI=1S/C16H24ClN6O8P/c1-6(2)3-19-13(26)15(32(27,28)29)30-4-7-9(24)10(25)14(31-7)23-5-20-8-11(18)21-16(17)22-12(8)23/h5-7,9-10,14-15,24-25H,3-4H2,1-2H3,(H,19,26)(H2,18,21,22)(H2,27,28,29)/t7-,9+,10-,14-,15-/m1/s1. The first-order valence-corrected chi connectivity index (χ1v) is 11.6. The van der Waals surface area contributed by atoms with Crippen LogP contribution in [0.2, 0.25) is 5.28 Å². The molecule has 0 aromatic carbocycles. The van der Waals surface area contributed by atoms with E-state index in [-0.39, 0.29) is 34.7 Å². The number of nitrogens with two attached hydrogens (primary N) is 1. The van der Waals surface area contributed by atoms with Crippen molar-refractivity contribution in [2.45, 2.75) is 44.2 Å². The van der Waals surface area contributed by atoms with Crippen molar-refractivity contribution in [3.8, 4) is 0 Å². The Hall–Kier alpha value is -1.90. The van der Waals surface area contributed by atoms with Crippen LogP contribution in [0.15, 0.2) is 6.33 Å². The molecule has 1 aliphatic heterocycles. The topological polar surface area (TPSA) is 215 Å². The second kappa shape index (κ2) is 9.53. The number of hydrogen-bond donors (Lipinski definition) is 6. The first-order valence-electron chi connectivity index (χ1n) is 9.51. The van der Waals surface area contributed by atoms with Gasteiger partial charge in [0.1, 0.15) is 23.8 Å². The number of rotatable bonds is 8. The quantitative estimate of drug-likeness (QED) is 0.192. The average Bonchev–Trinajstić information content (AvgIpc) is 3.21. The number of aliphatic hydroxyl groups excluding tert-OH is 2. The van der Waals surface area contributed by atoms with E-state index in [9.17, 15) is 29.4 Å². The van der Waals surface area contributed by atoms with Crippen LogP contribution in [-0.4, -0.2) is 82.7 Å². The summed E-state index contributed by atoms with van der Waals surface area (Å²) in [6.07, 6.45) is -4.16. The van der Waals surface area contributed by atoms with Gasteiger partial charge in [0.25, 0.3) is 5.91 Å². The number of carbonyl (C=O) groups excluding carboxylic acids is 1.